The van der Waals surface area contributed by atoms with Crippen molar-refractivity contribution in [2.24, 2.45) is 0 Å². The standard InChI is InChI=1S/C17H39N3/c1-6-10-11-13-18-16-17(5)20(9-4)15-12-14-19(7-2)8-3/h17-18H,6-16H2,1-5H3. The average molecular weight is 286 g/mol. The monoisotopic (exact) mass is 285 g/mol. The fourth-order valence-electron chi connectivity index (χ4n) is 2.67. The summed E-state index contributed by atoms with van der Waals surface area (Å²) < 4.78 is 0. The Bertz CT molecular complexity index is 193. The largest absolute Gasteiger partial charge is 0.315 e. The average Bonchev–Trinajstić information content (AvgIpc) is 2.47. The summed E-state index contributed by atoms with van der Waals surface area (Å²) in [7, 11) is 0. The highest BCUT2D eigenvalue weighted by molar-refractivity contribution is 4.69. The van der Waals surface area contributed by atoms with Crippen LogP contribution < -0.4 is 5.32 Å². The maximum atomic E-state index is 3.60. The van der Waals surface area contributed by atoms with Crippen molar-refractivity contribution >= 4 is 0 Å². The van der Waals surface area contributed by atoms with Crippen molar-refractivity contribution in [2.45, 2.75) is 66.3 Å². The van der Waals surface area contributed by atoms with Crippen LogP contribution in [0.5, 0.6) is 0 Å². The van der Waals surface area contributed by atoms with Crippen LogP contribution in [-0.2, 0) is 0 Å². The van der Waals surface area contributed by atoms with Crippen LogP contribution in [0.2, 0.25) is 0 Å². The summed E-state index contributed by atoms with van der Waals surface area (Å²) in [5.74, 6) is 0. The fraction of sp³-hybridized carbons (Fsp3) is 1.00. The van der Waals surface area contributed by atoms with Gasteiger partial charge in [-0.25, -0.2) is 0 Å². The molecule has 1 N–H and O–H groups in total. The van der Waals surface area contributed by atoms with E-state index in [1.807, 2.05) is 0 Å². The molecule has 0 amide bonds. The van der Waals surface area contributed by atoms with Crippen molar-refractivity contribution in [2.75, 3.05) is 45.8 Å². The molecule has 0 saturated heterocycles. The Labute approximate surface area is 128 Å². The van der Waals surface area contributed by atoms with Gasteiger partial charge in [-0.05, 0) is 59.0 Å². The van der Waals surface area contributed by atoms with E-state index in [1.54, 1.807) is 0 Å². The van der Waals surface area contributed by atoms with Gasteiger partial charge in [0.15, 0.2) is 0 Å². The van der Waals surface area contributed by atoms with Gasteiger partial charge in [0.2, 0.25) is 0 Å². The van der Waals surface area contributed by atoms with Gasteiger partial charge in [-0.3, -0.25) is 4.90 Å². The maximum absolute atomic E-state index is 3.60. The van der Waals surface area contributed by atoms with Crippen molar-refractivity contribution in [1.29, 1.82) is 0 Å². The van der Waals surface area contributed by atoms with E-state index in [0.29, 0.717) is 6.04 Å². The van der Waals surface area contributed by atoms with Crippen LogP contribution in [0.1, 0.15) is 60.3 Å². The second-order valence-electron chi connectivity index (χ2n) is 5.77. The molecule has 1 unspecified atom stereocenters. The molecule has 0 aliphatic rings. The molecule has 0 bridgehead atoms. The molecule has 0 aromatic rings. The molecule has 20 heavy (non-hydrogen) atoms. The zero-order valence-corrected chi connectivity index (χ0v) is 14.7. The van der Waals surface area contributed by atoms with E-state index in [1.165, 1.54) is 58.4 Å². The second-order valence-corrected chi connectivity index (χ2v) is 5.77. The van der Waals surface area contributed by atoms with Crippen molar-refractivity contribution in [1.82, 2.24) is 15.1 Å². The third kappa shape index (κ3) is 9.73. The van der Waals surface area contributed by atoms with E-state index in [9.17, 15) is 0 Å². The maximum Gasteiger partial charge on any atom is 0.0192 e. The molecule has 0 aromatic carbocycles. The lowest BCUT2D eigenvalue weighted by molar-refractivity contribution is 0.196. The molecule has 0 fully saturated rings. The molecule has 0 saturated carbocycles. The van der Waals surface area contributed by atoms with Crippen molar-refractivity contribution < 1.29 is 0 Å². The van der Waals surface area contributed by atoms with Gasteiger partial charge in [0.1, 0.15) is 0 Å². The molecule has 3 heteroatoms. The highest BCUT2D eigenvalue weighted by atomic mass is 15.2. The Morgan fingerprint density at radius 3 is 2.10 bits per heavy atom. The first kappa shape index (κ1) is 19.9. The number of rotatable bonds is 14. The first-order valence-electron chi connectivity index (χ1n) is 8.86. The minimum atomic E-state index is 0.651. The Morgan fingerprint density at radius 2 is 1.55 bits per heavy atom. The third-order valence-corrected chi connectivity index (χ3v) is 4.24. The number of nitrogens with one attached hydrogen (secondary N) is 1. The lowest BCUT2D eigenvalue weighted by atomic mass is 10.2. The van der Waals surface area contributed by atoms with E-state index in [0.717, 1.165) is 13.1 Å². The molecule has 0 aliphatic carbocycles. The zero-order valence-electron chi connectivity index (χ0n) is 14.7. The number of hydrogen-bond donors (Lipinski definition) is 1. The number of likely N-dealkylation sites (N-methyl/N-ethyl adjacent to an activating group) is 1. The molecular weight excluding hydrogens is 246 g/mol. The van der Waals surface area contributed by atoms with Crippen LogP contribution in [0, 0.1) is 0 Å². The summed E-state index contributed by atoms with van der Waals surface area (Å²) in [5.41, 5.74) is 0. The summed E-state index contributed by atoms with van der Waals surface area (Å²) in [6.45, 7) is 19.7. The predicted octanol–water partition coefficient (Wildman–Crippen LogP) is 3.21. The van der Waals surface area contributed by atoms with Crippen LogP contribution >= 0.6 is 0 Å². The molecule has 0 heterocycles. The molecule has 0 aromatic heterocycles. The topological polar surface area (TPSA) is 18.5 Å². The van der Waals surface area contributed by atoms with Gasteiger partial charge in [-0.1, -0.05) is 40.5 Å². The van der Waals surface area contributed by atoms with Crippen LogP contribution in [0.3, 0.4) is 0 Å². The summed E-state index contributed by atoms with van der Waals surface area (Å²) in [4.78, 5) is 5.12. The molecule has 0 rings (SSSR count). The second kappa shape index (κ2) is 13.8. The molecule has 3 nitrogen and oxygen atoms in total. The Balaban J connectivity index is 3.76. The lowest BCUT2D eigenvalue weighted by Crippen LogP contribution is -2.41. The van der Waals surface area contributed by atoms with Crippen LogP contribution in [-0.4, -0.2) is 61.7 Å². The molecular formula is C17H39N3. The molecule has 0 aliphatic heterocycles. The van der Waals surface area contributed by atoms with Gasteiger partial charge < -0.3 is 10.2 Å². The number of nitrogens with zero attached hydrogens (tertiary/aromatic N) is 2. The van der Waals surface area contributed by atoms with Gasteiger partial charge in [-0.15, -0.1) is 0 Å². The van der Waals surface area contributed by atoms with Gasteiger partial charge in [0.25, 0.3) is 0 Å². The third-order valence-electron chi connectivity index (χ3n) is 4.24. The highest BCUT2D eigenvalue weighted by Crippen LogP contribution is 2.01. The predicted molar refractivity (Wildman–Crippen MR) is 91.5 cm³/mol. The van der Waals surface area contributed by atoms with E-state index < -0.39 is 0 Å². The minimum Gasteiger partial charge on any atom is -0.315 e. The molecule has 1 atom stereocenters. The number of unbranched alkanes of at least 4 members (excludes halogenated alkanes) is 2. The molecule has 0 radical (unpaired) electrons. The quantitative estimate of drug-likeness (QED) is 0.494. The van der Waals surface area contributed by atoms with E-state index in [2.05, 4.69) is 49.7 Å². The Morgan fingerprint density at radius 1 is 0.850 bits per heavy atom. The summed E-state index contributed by atoms with van der Waals surface area (Å²) in [5, 5.41) is 3.60. The fourth-order valence-corrected chi connectivity index (χ4v) is 2.67. The van der Waals surface area contributed by atoms with Crippen molar-refractivity contribution in [3.05, 3.63) is 0 Å². The molecule has 122 valence electrons. The van der Waals surface area contributed by atoms with E-state index in [4.69, 9.17) is 0 Å². The van der Waals surface area contributed by atoms with Crippen LogP contribution in [0.4, 0.5) is 0 Å². The van der Waals surface area contributed by atoms with Gasteiger partial charge in [-0.2, -0.15) is 0 Å². The first-order valence-corrected chi connectivity index (χ1v) is 8.86. The number of hydrogen-bond acceptors (Lipinski definition) is 3. The van der Waals surface area contributed by atoms with Crippen molar-refractivity contribution in [3.8, 4) is 0 Å². The van der Waals surface area contributed by atoms with E-state index in [-0.39, 0.29) is 0 Å². The van der Waals surface area contributed by atoms with Gasteiger partial charge in [0.05, 0.1) is 0 Å². The molecule has 0 spiro atoms. The zero-order chi connectivity index (χ0) is 15.2. The normalized spacial score (nSPS) is 13.3. The smallest absolute Gasteiger partial charge is 0.0192 e. The Kier molecular flexibility index (Phi) is 13.8. The first-order chi connectivity index (χ1) is 9.69. The van der Waals surface area contributed by atoms with E-state index >= 15 is 0 Å². The summed E-state index contributed by atoms with van der Waals surface area (Å²) in [6.07, 6.45) is 5.26. The summed E-state index contributed by atoms with van der Waals surface area (Å²) >= 11 is 0. The lowest BCUT2D eigenvalue weighted by Gasteiger charge is -2.29. The highest BCUT2D eigenvalue weighted by Gasteiger charge is 2.11. The minimum absolute atomic E-state index is 0.651. The summed E-state index contributed by atoms with van der Waals surface area (Å²) in [6, 6.07) is 0.651. The Hall–Kier alpha value is -0.120. The van der Waals surface area contributed by atoms with Gasteiger partial charge >= 0.3 is 0 Å². The van der Waals surface area contributed by atoms with Gasteiger partial charge in [0, 0.05) is 12.6 Å². The SMILES string of the molecule is CCCCCNCC(C)N(CC)CCCN(CC)CC. The van der Waals surface area contributed by atoms with Crippen molar-refractivity contribution in [3.63, 3.8) is 0 Å². The van der Waals surface area contributed by atoms with Crippen LogP contribution in [0.25, 0.3) is 0 Å². The van der Waals surface area contributed by atoms with Crippen LogP contribution in [0.15, 0.2) is 0 Å².